The molecule has 0 aliphatic carbocycles. The number of aliphatic hydroxyl groups excluding tert-OH is 2. The third kappa shape index (κ3) is 4.60. The molecule has 1 atom stereocenters. The number of hydrogen-bond donors (Lipinski definition) is 3. The first-order valence-corrected chi connectivity index (χ1v) is 5.41. The number of benzene rings is 1. The topological polar surface area (TPSA) is 71.0 Å². The van der Waals surface area contributed by atoms with Crippen LogP contribution in [-0.2, 0) is 6.54 Å². The fraction of sp³-hybridized carbons (Fsp3) is 0.500. The van der Waals surface area contributed by atoms with Gasteiger partial charge in [0.05, 0.1) is 26.9 Å². The zero-order chi connectivity index (χ0) is 12.7. The van der Waals surface area contributed by atoms with E-state index < -0.39 is 6.10 Å². The van der Waals surface area contributed by atoms with E-state index >= 15 is 0 Å². The quantitative estimate of drug-likeness (QED) is 0.633. The van der Waals surface area contributed by atoms with Crippen molar-refractivity contribution < 1.29 is 19.7 Å². The number of ether oxygens (including phenoxy) is 2. The second-order valence-corrected chi connectivity index (χ2v) is 3.69. The Morgan fingerprint density at radius 1 is 1.18 bits per heavy atom. The van der Waals surface area contributed by atoms with Crippen LogP contribution in [0, 0.1) is 0 Å². The van der Waals surface area contributed by atoms with Crippen molar-refractivity contribution in [1.29, 1.82) is 0 Å². The van der Waals surface area contributed by atoms with E-state index in [1.165, 1.54) is 0 Å². The molecule has 0 amide bonds. The minimum Gasteiger partial charge on any atom is -0.497 e. The highest BCUT2D eigenvalue weighted by molar-refractivity contribution is 5.38. The van der Waals surface area contributed by atoms with Crippen molar-refractivity contribution in [2.24, 2.45) is 0 Å². The van der Waals surface area contributed by atoms with Gasteiger partial charge in [-0.05, 0) is 17.7 Å². The summed E-state index contributed by atoms with van der Waals surface area (Å²) >= 11 is 0. The Balaban J connectivity index is 2.57. The van der Waals surface area contributed by atoms with Gasteiger partial charge in [0.1, 0.15) is 11.5 Å². The maximum atomic E-state index is 9.18. The van der Waals surface area contributed by atoms with Crippen molar-refractivity contribution in [2.45, 2.75) is 12.6 Å². The summed E-state index contributed by atoms with van der Waals surface area (Å²) < 4.78 is 10.3. The summed E-state index contributed by atoms with van der Waals surface area (Å²) in [5, 5.41) is 20.9. The zero-order valence-corrected chi connectivity index (χ0v) is 10.1. The zero-order valence-electron chi connectivity index (χ0n) is 10.1. The fourth-order valence-electron chi connectivity index (χ4n) is 1.42. The van der Waals surface area contributed by atoms with Gasteiger partial charge in [-0.15, -0.1) is 0 Å². The Kier molecular flexibility index (Phi) is 5.76. The molecule has 0 spiro atoms. The highest BCUT2D eigenvalue weighted by Gasteiger charge is 2.04. The molecular weight excluding hydrogens is 222 g/mol. The lowest BCUT2D eigenvalue weighted by atomic mass is 10.2. The van der Waals surface area contributed by atoms with Crippen LogP contribution in [0.25, 0.3) is 0 Å². The lowest BCUT2D eigenvalue weighted by Gasteiger charge is -2.11. The number of aliphatic hydroxyl groups is 2. The number of rotatable bonds is 7. The van der Waals surface area contributed by atoms with Crippen molar-refractivity contribution in [2.75, 3.05) is 27.4 Å². The third-order valence-electron chi connectivity index (χ3n) is 2.33. The molecule has 0 saturated heterocycles. The standard InChI is InChI=1S/C12H19NO4/c1-16-11-3-9(4-12(5-11)17-2)6-13-7-10(15)8-14/h3-5,10,13-15H,6-8H2,1-2H3/t10-/m1/s1. The van der Waals surface area contributed by atoms with Crippen LogP contribution in [0.4, 0.5) is 0 Å². The second-order valence-electron chi connectivity index (χ2n) is 3.69. The Labute approximate surface area is 101 Å². The Morgan fingerprint density at radius 2 is 1.76 bits per heavy atom. The van der Waals surface area contributed by atoms with E-state index in [0.29, 0.717) is 13.1 Å². The van der Waals surface area contributed by atoms with Crippen LogP contribution in [0.1, 0.15) is 5.56 Å². The highest BCUT2D eigenvalue weighted by atomic mass is 16.5. The summed E-state index contributed by atoms with van der Waals surface area (Å²) in [7, 11) is 3.20. The first-order chi connectivity index (χ1) is 8.19. The third-order valence-corrected chi connectivity index (χ3v) is 2.33. The molecule has 0 fully saturated rings. The smallest absolute Gasteiger partial charge is 0.122 e. The summed E-state index contributed by atoms with van der Waals surface area (Å²) in [5.74, 6) is 1.45. The van der Waals surface area contributed by atoms with Crippen molar-refractivity contribution >= 4 is 0 Å². The van der Waals surface area contributed by atoms with Crippen molar-refractivity contribution in [3.63, 3.8) is 0 Å². The monoisotopic (exact) mass is 241 g/mol. The Bertz CT molecular complexity index is 321. The van der Waals surface area contributed by atoms with E-state index in [1.807, 2.05) is 12.1 Å². The molecule has 96 valence electrons. The van der Waals surface area contributed by atoms with Gasteiger partial charge in [-0.25, -0.2) is 0 Å². The molecule has 3 N–H and O–H groups in total. The first-order valence-electron chi connectivity index (χ1n) is 5.41. The van der Waals surface area contributed by atoms with Gasteiger partial charge < -0.3 is 25.0 Å². The van der Waals surface area contributed by atoms with Crippen LogP contribution in [0.15, 0.2) is 18.2 Å². The molecule has 5 nitrogen and oxygen atoms in total. The van der Waals surface area contributed by atoms with Gasteiger partial charge >= 0.3 is 0 Å². The van der Waals surface area contributed by atoms with Crippen LogP contribution in [-0.4, -0.2) is 43.7 Å². The number of methoxy groups -OCH3 is 2. The molecule has 17 heavy (non-hydrogen) atoms. The van der Waals surface area contributed by atoms with Gasteiger partial charge in [-0.2, -0.15) is 0 Å². The fourth-order valence-corrected chi connectivity index (χ4v) is 1.42. The van der Waals surface area contributed by atoms with Gasteiger partial charge in [0.2, 0.25) is 0 Å². The molecule has 0 aliphatic heterocycles. The van der Waals surface area contributed by atoms with Gasteiger partial charge in [-0.3, -0.25) is 0 Å². The predicted molar refractivity (Wildman–Crippen MR) is 64.3 cm³/mol. The summed E-state index contributed by atoms with van der Waals surface area (Å²) in [6.07, 6.45) is -0.734. The van der Waals surface area contributed by atoms with Crippen LogP contribution < -0.4 is 14.8 Å². The molecule has 0 bridgehead atoms. The molecule has 1 aromatic rings. The molecule has 0 saturated carbocycles. The average Bonchev–Trinajstić information content (AvgIpc) is 2.37. The van der Waals surface area contributed by atoms with Gasteiger partial charge in [0.15, 0.2) is 0 Å². The molecule has 0 unspecified atom stereocenters. The summed E-state index contributed by atoms with van der Waals surface area (Å²) in [6, 6.07) is 5.58. The molecule has 0 aromatic heterocycles. The normalized spacial score (nSPS) is 12.2. The van der Waals surface area contributed by atoms with Crippen molar-refractivity contribution in [3.05, 3.63) is 23.8 Å². The summed E-state index contributed by atoms with van der Waals surface area (Å²) in [5.41, 5.74) is 0.992. The van der Waals surface area contributed by atoms with E-state index in [0.717, 1.165) is 17.1 Å². The Morgan fingerprint density at radius 3 is 2.24 bits per heavy atom. The Hall–Kier alpha value is -1.30. The van der Waals surface area contributed by atoms with Crippen LogP contribution in [0.5, 0.6) is 11.5 Å². The largest absolute Gasteiger partial charge is 0.497 e. The van der Waals surface area contributed by atoms with E-state index in [1.54, 1.807) is 20.3 Å². The minimum atomic E-state index is -0.734. The molecule has 1 rings (SSSR count). The maximum absolute atomic E-state index is 9.18. The molecule has 0 aliphatic rings. The SMILES string of the molecule is COc1cc(CNC[C@@H](O)CO)cc(OC)c1. The van der Waals surface area contributed by atoms with Crippen LogP contribution in [0.3, 0.4) is 0 Å². The van der Waals surface area contributed by atoms with Crippen LogP contribution >= 0.6 is 0 Å². The molecule has 0 radical (unpaired) electrons. The highest BCUT2D eigenvalue weighted by Crippen LogP contribution is 2.22. The molecule has 5 heteroatoms. The lowest BCUT2D eigenvalue weighted by molar-refractivity contribution is 0.0942. The second kappa shape index (κ2) is 7.11. The van der Waals surface area contributed by atoms with Gasteiger partial charge in [0.25, 0.3) is 0 Å². The molecule has 1 aromatic carbocycles. The minimum absolute atomic E-state index is 0.242. The molecular formula is C12H19NO4. The first kappa shape index (κ1) is 13.8. The van der Waals surface area contributed by atoms with E-state index in [-0.39, 0.29) is 6.61 Å². The van der Waals surface area contributed by atoms with Gasteiger partial charge in [-0.1, -0.05) is 0 Å². The van der Waals surface area contributed by atoms with E-state index in [9.17, 15) is 5.11 Å². The lowest BCUT2D eigenvalue weighted by Crippen LogP contribution is -2.28. The predicted octanol–water partition coefficient (Wildman–Crippen LogP) is 0.147. The van der Waals surface area contributed by atoms with E-state index in [2.05, 4.69) is 5.32 Å². The van der Waals surface area contributed by atoms with Crippen molar-refractivity contribution in [3.8, 4) is 11.5 Å². The van der Waals surface area contributed by atoms with Crippen LogP contribution in [0.2, 0.25) is 0 Å². The van der Waals surface area contributed by atoms with E-state index in [4.69, 9.17) is 14.6 Å². The van der Waals surface area contributed by atoms with Gasteiger partial charge in [0, 0.05) is 19.2 Å². The molecule has 0 heterocycles. The maximum Gasteiger partial charge on any atom is 0.122 e. The number of nitrogens with one attached hydrogen (secondary N) is 1. The van der Waals surface area contributed by atoms with Crippen molar-refractivity contribution in [1.82, 2.24) is 5.32 Å². The summed E-state index contributed by atoms with van der Waals surface area (Å²) in [4.78, 5) is 0. The summed E-state index contributed by atoms with van der Waals surface area (Å²) in [6.45, 7) is 0.676. The average molecular weight is 241 g/mol. The number of hydrogen-bond acceptors (Lipinski definition) is 5.